The van der Waals surface area contributed by atoms with Crippen LogP contribution < -0.4 is 0 Å². The zero-order chi connectivity index (χ0) is 8.36. The van der Waals surface area contributed by atoms with Gasteiger partial charge in [0.25, 0.3) is 0 Å². The molecule has 0 unspecified atom stereocenters. The van der Waals surface area contributed by atoms with Crippen molar-refractivity contribution in [1.29, 1.82) is 0 Å². The molecule has 0 N–H and O–H groups in total. The monoisotopic (exact) mass is 155 g/mol. The van der Waals surface area contributed by atoms with Gasteiger partial charge >= 0.3 is 0 Å². The Morgan fingerprint density at radius 1 is 1.00 bits per heavy atom. The molecule has 1 nitrogen and oxygen atoms in total. The zero-order valence-corrected chi connectivity index (χ0v) is 7.97. The van der Waals surface area contributed by atoms with Gasteiger partial charge < -0.3 is 0 Å². The van der Waals surface area contributed by atoms with Crippen LogP contribution in [0.15, 0.2) is 4.99 Å². The van der Waals surface area contributed by atoms with Crippen LogP contribution in [0.5, 0.6) is 0 Å². The summed E-state index contributed by atoms with van der Waals surface area (Å²) < 4.78 is 0. The summed E-state index contributed by atoms with van der Waals surface area (Å²) in [7, 11) is 0. The largest absolute Gasteiger partial charge is 0.298 e. The van der Waals surface area contributed by atoms with Crippen molar-refractivity contribution in [2.45, 2.75) is 52.4 Å². The number of aliphatic imine (C=N–C) groups is 1. The molecule has 0 aliphatic carbocycles. The molecule has 1 heteroatoms. The molecule has 11 heavy (non-hydrogen) atoms. The molecule has 0 bridgehead atoms. The maximum absolute atomic E-state index is 4.16. The van der Waals surface area contributed by atoms with Gasteiger partial charge in [0, 0.05) is 6.54 Å². The minimum Gasteiger partial charge on any atom is -0.298 e. The molecular formula is C10H21N. The molecule has 0 radical (unpaired) electrons. The first-order valence-electron chi connectivity index (χ1n) is 4.86. The van der Waals surface area contributed by atoms with Crippen LogP contribution in [0.25, 0.3) is 0 Å². The highest BCUT2D eigenvalue weighted by atomic mass is 14.7. The minimum atomic E-state index is 1.03. The molecule has 0 rings (SSSR count). The average molecular weight is 155 g/mol. The first kappa shape index (κ1) is 10.7. The molecule has 0 spiro atoms. The summed E-state index contributed by atoms with van der Waals surface area (Å²) in [6, 6.07) is 0. The molecule has 0 amide bonds. The lowest BCUT2D eigenvalue weighted by molar-refractivity contribution is 0.612. The van der Waals surface area contributed by atoms with Crippen LogP contribution in [0.3, 0.4) is 0 Å². The summed E-state index contributed by atoms with van der Waals surface area (Å²) >= 11 is 0. The van der Waals surface area contributed by atoms with Crippen molar-refractivity contribution in [2.24, 2.45) is 4.99 Å². The van der Waals surface area contributed by atoms with E-state index in [-0.39, 0.29) is 0 Å². The van der Waals surface area contributed by atoms with Gasteiger partial charge in [-0.2, -0.15) is 0 Å². The van der Waals surface area contributed by atoms with Crippen molar-refractivity contribution in [2.75, 3.05) is 6.54 Å². The van der Waals surface area contributed by atoms with Gasteiger partial charge in [-0.3, -0.25) is 4.99 Å². The predicted octanol–water partition coefficient (Wildman–Crippen LogP) is 3.44. The van der Waals surface area contributed by atoms with Gasteiger partial charge in [0.2, 0.25) is 0 Å². The molecule has 0 aromatic heterocycles. The molecule has 0 heterocycles. The van der Waals surface area contributed by atoms with Gasteiger partial charge in [-0.15, -0.1) is 0 Å². The molecule has 0 aliphatic heterocycles. The lowest BCUT2D eigenvalue weighted by Crippen LogP contribution is -1.82. The van der Waals surface area contributed by atoms with E-state index in [1.54, 1.807) is 0 Å². The van der Waals surface area contributed by atoms with Gasteiger partial charge in [0.1, 0.15) is 0 Å². The summed E-state index contributed by atoms with van der Waals surface area (Å²) in [6.07, 6.45) is 10.1. The molecule has 0 atom stereocenters. The van der Waals surface area contributed by atoms with E-state index >= 15 is 0 Å². The highest BCUT2D eigenvalue weighted by molar-refractivity contribution is 5.53. The second-order valence-corrected chi connectivity index (χ2v) is 2.93. The second kappa shape index (κ2) is 9.67. The third-order valence-electron chi connectivity index (χ3n) is 1.82. The molecule has 0 aromatic rings. The average Bonchev–Trinajstić information content (AvgIpc) is 2.03. The molecule has 0 saturated carbocycles. The predicted molar refractivity (Wildman–Crippen MR) is 52.4 cm³/mol. The minimum absolute atomic E-state index is 1.03. The Hall–Kier alpha value is -0.330. The molecular weight excluding hydrogens is 134 g/mol. The van der Waals surface area contributed by atoms with E-state index in [4.69, 9.17) is 0 Å². The molecule has 0 aromatic carbocycles. The lowest BCUT2D eigenvalue weighted by atomic mass is 10.1. The zero-order valence-electron chi connectivity index (χ0n) is 7.97. The maximum atomic E-state index is 4.16. The fourth-order valence-corrected chi connectivity index (χ4v) is 1.11. The Bertz CT molecular complexity index is 86.9. The van der Waals surface area contributed by atoms with E-state index in [9.17, 15) is 0 Å². The highest BCUT2D eigenvalue weighted by Gasteiger charge is 1.87. The SMILES string of the molecule is C/C=N\CCCCCCCC. The molecule has 0 saturated heterocycles. The van der Waals surface area contributed by atoms with E-state index in [1.807, 2.05) is 13.1 Å². The summed E-state index contributed by atoms with van der Waals surface area (Å²) in [5.41, 5.74) is 0. The Morgan fingerprint density at radius 2 is 1.64 bits per heavy atom. The normalized spacial score (nSPS) is 11.1. The van der Waals surface area contributed by atoms with Crippen LogP contribution in [-0.4, -0.2) is 12.8 Å². The van der Waals surface area contributed by atoms with Crippen molar-refractivity contribution < 1.29 is 0 Å². The van der Waals surface area contributed by atoms with E-state index in [2.05, 4.69) is 11.9 Å². The van der Waals surface area contributed by atoms with Gasteiger partial charge in [-0.25, -0.2) is 0 Å². The van der Waals surface area contributed by atoms with Gasteiger partial charge in [-0.1, -0.05) is 39.0 Å². The van der Waals surface area contributed by atoms with Gasteiger partial charge in [0.15, 0.2) is 0 Å². The van der Waals surface area contributed by atoms with Crippen LogP contribution in [0, 0.1) is 0 Å². The van der Waals surface area contributed by atoms with E-state index in [1.165, 1.54) is 38.5 Å². The Morgan fingerprint density at radius 3 is 2.27 bits per heavy atom. The molecule has 0 aliphatic rings. The summed E-state index contributed by atoms with van der Waals surface area (Å²) in [5.74, 6) is 0. The topological polar surface area (TPSA) is 12.4 Å². The lowest BCUT2D eigenvalue weighted by Gasteiger charge is -1.96. The Kier molecular flexibility index (Phi) is 9.38. The van der Waals surface area contributed by atoms with Crippen molar-refractivity contribution in [3.8, 4) is 0 Å². The summed E-state index contributed by atoms with van der Waals surface area (Å²) in [5, 5.41) is 0. The third-order valence-corrected chi connectivity index (χ3v) is 1.82. The third kappa shape index (κ3) is 9.67. The fourth-order valence-electron chi connectivity index (χ4n) is 1.11. The van der Waals surface area contributed by atoms with Crippen LogP contribution in [0.1, 0.15) is 52.4 Å². The smallest absolute Gasteiger partial charge is 0.0385 e. The first-order chi connectivity index (χ1) is 5.41. The van der Waals surface area contributed by atoms with E-state index in [0.29, 0.717) is 0 Å². The summed E-state index contributed by atoms with van der Waals surface area (Å²) in [6.45, 7) is 5.26. The number of unbranched alkanes of at least 4 members (excludes halogenated alkanes) is 5. The van der Waals surface area contributed by atoms with Crippen LogP contribution in [0.2, 0.25) is 0 Å². The number of hydrogen-bond acceptors (Lipinski definition) is 1. The van der Waals surface area contributed by atoms with Crippen molar-refractivity contribution in [3.05, 3.63) is 0 Å². The van der Waals surface area contributed by atoms with Crippen LogP contribution >= 0.6 is 0 Å². The quantitative estimate of drug-likeness (QED) is 0.394. The number of hydrogen-bond donors (Lipinski definition) is 0. The second-order valence-electron chi connectivity index (χ2n) is 2.93. The Balaban J connectivity index is 2.79. The van der Waals surface area contributed by atoms with Gasteiger partial charge in [0.05, 0.1) is 0 Å². The molecule has 66 valence electrons. The standard InChI is InChI=1S/C10H21N/c1-3-5-6-7-8-9-10-11-4-2/h4H,3,5-10H2,1-2H3/b11-4-. The van der Waals surface area contributed by atoms with Crippen LogP contribution in [-0.2, 0) is 0 Å². The first-order valence-corrected chi connectivity index (χ1v) is 4.86. The number of rotatable bonds is 7. The maximum Gasteiger partial charge on any atom is 0.0385 e. The Labute approximate surface area is 70.9 Å². The molecule has 0 fully saturated rings. The van der Waals surface area contributed by atoms with Crippen molar-refractivity contribution in [1.82, 2.24) is 0 Å². The van der Waals surface area contributed by atoms with E-state index in [0.717, 1.165) is 6.54 Å². The fraction of sp³-hybridized carbons (Fsp3) is 0.900. The van der Waals surface area contributed by atoms with E-state index < -0.39 is 0 Å². The number of nitrogens with zero attached hydrogens (tertiary/aromatic N) is 1. The highest BCUT2D eigenvalue weighted by Crippen LogP contribution is 2.04. The van der Waals surface area contributed by atoms with Crippen molar-refractivity contribution >= 4 is 6.21 Å². The van der Waals surface area contributed by atoms with Crippen LogP contribution in [0.4, 0.5) is 0 Å². The van der Waals surface area contributed by atoms with Gasteiger partial charge in [-0.05, 0) is 19.6 Å². The summed E-state index contributed by atoms with van der Waals surface area (Å²) in [4.78, 5) is 4.16. The van der Waals surface area contributed by atoms with Crippen molar-refractivity contribution in [3.63, 3.8) is 0 Å².